The van der Waals surface area contributed by atoms with Gasteiger partial charge in [-0.3, -0.25) is 0 Å². The van der Waals surface area contributed by atoms with E-state index in [1.54, 1.807) is 30.2 Å². The molecule has 1 N–H and O–H groups in total. The number of nitrogens with zero attached hydrogens (tertiary/aromatic N) is 5. The number of hydrogen-bond donors (Lipinski definition) is 1. The van der Waals surface area contributed by atoms with Crippen molar-refractivity contribution < 1.29 is 9.53 Å². The van der Waals surface area contributed by atoms with Crippen LogP contribution in [0.4, 0.5) is 22.2 Å². The third kappa shape index (κ3) is 4.00. The Balaban J connectivity index is 1.67. The van der Waals surface area contributed by atoms with Crippen molar-refractivity contribution in [2.45, 2.75) is 6.92 Å². The normalized spacial score (nSPS) is 13.8. The van der Waals surface area contributed by atoms with Gasteiger partial charge in [0.25, 0.3) is 0 Å². The number of carbonyl (C=O) groups is 1. The fraction of sp³-hybridized carbons (Fsp3) is 0.333. The number of benzene rings is 1. The van der Waals surface area contributed by atoms with Gasteiger partial charge in [0.1, 0.15) is 11.9 Å². The van der Waals surface area contributed by atoms with Crippen LogP contribution < -0.4 is 10.2 Å². The Labute approximate surface area is 152 Å². The molecule has 0 bridgehead atoms. The fourth-order valence-corrected chi connectivity index (χ4v) is 2.70. The molecule has 0 atom stereocenters. The Morgan fingerprint density at radius 3 is 2.77 bits per heavy atom. The second kappa shape index (κ2) is 8.16. The molecule has 2 heterocycles. The Morgan fingerprint density at radius 2 is 2.04 bits per heavy atom. The summed E-state index contributed by atoms with van der Waals surface area (Å²) in [6.45, 7) is 4.58. The van der Waals surface area contributed by atoms with E-state index in [-0.39, 0.29) is 6.09 Å². The van der Waals surface area contributed by atoms with Crippen molar-refractivity contribution in [3.63, 3.8) is 0 Å². The van der Waals surface area contributed by atoms with E-state index in [2.05, 4.69) is 21.4 Å². The van der Waals surface area contributed by atoms with Crippen molar-refractivity contribution in [3.05, 3.63) is 42.1 Å². The molecule has 8 heteroatoms. The van der Waals surface area contributed by atoms with Gasteiger partial charge in [-0.25, -0.2) is 9.78 Å². The van der Waals surface area contributed by atoms with E-state index in [1.165, 1.54) is 0 Å². The van der Waals surface area contributed by atoms with Gasteiger partial charge in [0.05, 0.1) is 17.9 Å². The highest BCUT2D eigenvalue weighted by atomic mass is 16.6. The van der Waals surface area contributed by atoms with E-state index >= 15 is 0 Å². The summed E-state index contributed by atoms with van der Waals surface area (Å²) in [6.07, 6.45) is 1.40. The van der Waals surface area contributed by atoms with Gasteiger partial charge in [-0.1, -0.05) is 12.1 Å². The molecule has 1 fully saturated rings. The van der Waals surface area contributed by atoms with Gasteiger partial charge in [0.15, 0.2) is 0 Å². The average Bonchev–Trinajstić information content (AvgIpc) is 2.69. The highest BCUT2D eigenvalue weighted by molar-refractivity contribution is 5.68. The van der Waals surface area contributed by atoms with Crippen LogP contribution in [0.25, 0.3) is 0 Å². The van der Waals surface area contributed by atoms with Crippen LogP contribution in [-0.2, 0) is 4.74 Å². The molecule has 0 saturated carbocycles. The summed E-state index contributed by atoms with van der Waals surface area (Å²) >= 11 is 0. The number of anilines is 3. The quantitative estimate of drug-likeness (QED) is 0.902. The van der Waals surface area contributed by atoms with E-state index in [0.717, 1.165) is 0 Å². The van der Waals surface area contributed by atoms with Crippen LogP contribution in [0.2, 0.25) is 0 Å². The van der Waals surface area contributed by atoms with Gasteiger partial charge in [0, 0.05) is 32.4 Å². The highest BCUT2D eigenvalue weighted by Crippen LogP contribution is 2.20. The molecule has 1 aliphatic rings. The molecule has 1 aliphatic heterocycles. The molecule has 0 aliphatic carbocycles. The molecule has 1 aromatic heterocycles. The summed E-state index contributed by atoms with van der Waals surface area (Å²) in [5.74, 6) is 1.21. The third-order valence-electron chi connectivity index (χ3n) is 4.04. The van der Waals surface area contributed by atoms with Gasteiger partial charge in [-0.15, -0.1) is 0 Å². The highest BCUT2D eigenvalue weighted by Gasteiger charge is 2.23. The van der Waals surface area contributed by atoms with E-state index < -0.39 is 0 Å². The topological polar surface area (TPSA) is 94.4 Å². The molecule has 2 aromatic rings. The molecule has 1 amide bonds. The minimum Gasteiger partial charge on any atom is -0.450 e. The van der Waals surface area contributed by atoms with Crippen molar-refractivity contribution in [3.8, 4) is 6.07 Å². The second-order valence-electron chi connectivity index (χ2n) is 5.70. The van der Waals surface area contributed by atoms with Crippen molar-refractivity contribution in [1.82, 2.24) is 14.9 Å². The van der Waals surface area contributed by atoms with Gasteiger partial charge >= 0.3 is 6.09 Å². The molecule has 0 unspecified atom stereocenters. The Hall–Kier alpha value is -3.34. The van der Waals surface area contributed by atoms with Crippen molar-refractivity contribution >= 4 is 23.5 Å². The lowest BCUT2D eigenvalue weighted by molar-refractivity contribution is 0.105. The standard InChI is InChI=1S/C18H20N6O2/c1-2-26-18(25)24-11-9-23(10-12-24)17-20-8-7-16(22-17)21-15-6-4-3-5-14(15)13-19/h3-8H,2,9-12H2,1H3,(H,20,21,22). The third-order valence-corrected chi connectivity index (χ3v) is 4.04. The fourth-order valence-electron chi connectivity index (χ4n) is 2.70. The lowest BCUT2D eigenvalue weighted by atomic mass is 10.2. The lowest BCUT2D eigenvalue weighted by Crippen LogP contribution is -2.49. The molecule has 26 heavy (non-hydrogen) atoms. The summed E-state index contributed by atoms with van der Waals surface area (Å²) < 4.78 is 5.03. The second-order valence-corrected chi connectivity index (χ2v) is 5.70. The first-order valence-electron chi connectivity index (χ1n) is 8.47. The lowest BCUT2D eigenvalue weighted by Gasteiger charge is -2.34. The van der Waals surface area contributed by atoms with Crippen molar-refractivity contribution in [2.75, 3.05) is 43.0 Å². The molecule has 3 rings (SSSR count). The van der Waals surface area contributed by atoms with Gasteiger partial charge < -0.3 is 19.9 Å². The minimum absolute atomic E-state index is 0.281. The molecule has 0 radical (unpaired) electrons. The minimum atomic E-state index is -0.281. The summed E-state index contributed by atoms with van der Waals surface area (Å²) in [7, 11) is 0. The van der Waals surface area contributed by atoms with Gasteiger partial charge in [-0.2, -0.15) is 10.2 Å². The molecular weight excluding hydrogens is 332 g/mol. The number of amides is 1. The average molecular weight is 352 g/mol. The van der Waals surface area contributed by atoms with Crippen LogP contribution in [0.1, 0.15) is 12.5 Å². The zero-order valence-corrected chi connectivity index (χ0v) is 14.6. The Kier molecular flexibility index (Phi) is 5.49. The number of nitrogens with one attached hydrogen (secondary N) is 1. The zero-order valence-electron chi connectivity index (χ0n) is 14.6. The summed E-state index contributed by atoms with van der Waals surface area (Å²) in [5, 5.41) is 12.4. The molecule has 8 nitrogen and oxygen atoms in total. The summed E-state index contributed by atoms with van der Waals surface area (Å²) in [4.78, 5) is 24.3. The van der Waals surface area contributed by atoms with Gasteiger partial charge in [0.2, 0.25) is 5.95 Å². The summed E-state index contributed by atoms with van der Waals surface area (Å²) in [6, 6.07) is 11.2. The van der Waals surface area contributed by atoms with Crippen LogP contribution in [0, 0.1) is 11.3 Å². The van der Waals surface area contributed by atoms with E-state index in [9.17, 15) is 10.1 Å². The van der Waals surface area contributed by atoms with E-state index in [4.69, 9.17) is 4.74 Å². The molecule has 134 valence electrons. The zero-order chi connectivity index (χ0) is 18.4. The number of piperazine rings is 1. The van der Waals surface area contributed by atoms with Crippen molar-refractivity contribution in [1.29, 1.82) is 5.26 Å². The van der Waals surface area contributed by atoms with Crippen LogP contribution in [0.15, 0.2) is 36.5 Å². The first-order valence-corrected chi connectivity index (χ1v) is 8.47. The Bertz CT molecular complexity index is 811. The molecular formula is C18H20N6O2. The number of ether oxygens (including phenoxy) is 1. The Morgan fingerprint density at radius 1 is 1.27 bits per heavy atom. The number of hydrogen-bond acceptors (Lipinski definition) is 7. The maximum absolute atomic E-state index is 11.8. The number of carbonyl (C=O) groups excluding carboxylic acids is 1. The monoisotopic (exact) mass is 352 g/mol. The van der Waals surface area contributed by atoms with E-state index in [0.29, 0.717) is 55.8 Å². The predicted octanol–water partition coefficient (Wildman–Crippen LogP) is 2.37. The van der Waals surface area contributed by atoms with Crippen molar-refractivity contribution in [2.24, 2.45) is 0 Å². The van der Waals surface area contributed by atoms with Gasteiger partial charge in [-0.05, 0) is 25.1 Å². The first-order chi connectivity index (χ1) is 12.7. The smallest absolute Gasteiger partial charge is 0.409 e. The maximum Gasteiger partial charge on any atom is 0.409 e. The van der Waals surface area contributed by atoms with Crippen LogP contribution in [-0.4, -0.2) is 53.7 Å². The first kappa shape index (κ1) is 17.5. The molecule has 0 spiro atoms. The number of nitriles is 1. The maximum atomic E-state index is 11.8. The SMILES string of the molecule is CCOC(=O)N1CCN(c2nccc(Nc3ccccc3C#N)n2)CC1. The number of para-hydroxylation sites is 1. The van der Waals surface area contributed by atoms with Crippen LogP contribution in [0.5, 0.6) is 0 Å². The number of aromatic nitrogens is 2. The molecule has 1 aromatic carbocycles. The van der Waals surface area contributed by atoms with E-state index in [1.807, 2.05) is 23.1 Å². The molecule has 1 saturated heterocycles. The largest absolute Gasteiger partial charge is 0.450 e. The summed E-state index contributed by atoms with van der Waals surface area (Å²) in [5.41, 5.74) is 1.25. The predicted molar refractivity (Wildman–Crippen MR) is 97.3 cm³/mol. The number of rotatable bonds is 4. The van der Waals surface area contributed by atoms with Crippen LogP contribution in [0.3, 0.4) is 0 Å². The van der Waals surface area contributed by atoms with Crippen LogP contribution >= 0.6 is 0 Å².